The summed E-state index contributed by atoms with van der Waals surface area (Å²) in [5.41, 5.74) is 1.32. The second kappa shape index (κ2) is 7.09. The highest BCUT2D eigenvalue weighted by atomic mass is 79.9. The molecular weight excluding hydrogens is 426 g/mol. The molecule has 0 aromatic heterocycles. The third-order valence-electron chi connectivity index (χ3n) is 3.77. The van der Waals surface area contributed by atoms with Gasteiger partial charge < -0.3 is 24.3 Å². The molecule has 2 aliphatic rings. The van der Waals surface area contributed by atoms with Crippen LogP contribution in [-0.4, -0.2) is 25.9 Å². The zero-order chi connectivity index (χ0) is 18.1. The molecule has 2 aromatic rings. The van der Waals surface area contributed by atoms with Gasteiger partial charge in [-0.3, -0.25) is 4.79 Å². The molecule has 1 N–H and O–H groups in total. The number of anilines is 1. The largest absolute Gasteiger partial charge is 0.486 e. The first-order chi connectivity index (χ1) is 12.6. The SMILES string of the molecule is O=C(/C=C/c1cc(Cl)c2c(c1)OCO2)Nc1cc2c(cc1Br)OCCO2. The highest BCUT2D eigenvalue weighted by molar-refractivity contribution is 9.10. The number of hydrogen-bond donors (Lipinski definition) is 1. The van der Waals surface area contributed by atoms with Gasteiger partial charge in [-0.25, -0.2) is 0 Å². The van der Waals surface area contributed by atoms with Gasteiger partial charge in [0.25, 0.3) is 0 Å². The predicted octanol–water partition coefficient (Wildman–Crippen LogP) is 4.25. The molecule has 0 bridgehead atoms. The number of carbonyl (C=O) groups excluding carboxylic acids is 1. The van der Waals surface area contributed by atoms with Crippen LogP contribution in [-0.2, 0) is 4.79 Å². The van der Waals surface area contributed by atoms with Gasteiger partial charge in [-0.1, -0.05) is 11.6 Å². The predicted molar refractivity (Wildman–Crippen MR) is 100 cm³/mol. The van der Waals surface area contributed by atoms with Crippen LogP contribution in [0, 0.1) is 0 Å². The second-order valence-electron chi connectivity index (χ2n) is 5.53. The number of benzene rings is 2. The molecule has 26 heavy (non-hydrogen) atoms. The monoisotopic (exact) mass is 437 g/mol. The Balaban J connectivity index is 1.49. The molecular formula is C18H13BrClNO5. The van der Waals surface area contributed by atoms with Crippen molar-refractivity contribution < 1.29 is 23.7 Å². The van der Waals surface area contributed by atoms with E-state index in [1.807, 2.05) is 0 Å². The van der Waals surface area contributed by atoms with E-state index < -0.39 is 0 Å². The Morgan fingerprint density at radius 2 is 1.81 bits per heavy atom. The molecule has 4 rings (SSSR count). The molecule has 0 aliphatic carbocycles. The number of fused-ring (bicyclic) bond motifs is 2. The van der Waals surface area contributed by atoms with Crippen molar-refractivity contribution in [3.05, 3.63) is 45.4 Å². The summed E-state index contributed by atoms with van der Waals surface area (Å²) in [4.78, 5) is 12.2. The van der Waals surface area contributed by atoms with Crippen LogP contribution in [0.25, 0.3) is 6.08 Å². The minimum atomic E-state index is -0.295. The van der Waals surface area contributed by atoms with Crippen LogP contribution in [0.4, 0.5) is 5.69 Å². The first kappa shape index (κ1) is 17.1. The standard InChI is InChI=1S/C18H13BrClNO5/c19-11-7-14-15(24-4-3-23-14)8-13(11)21-17(22)2-1-10-5-12(20)18-16(6-10)25-9-26-18/h1-2,5-8H,3-4,9H2,(H,21,22)/b2-1+. The number of halogens is 2. The van der Waals surface area contributed by atoms with Crippen LogP contribution in [0.3, 0.4) is 0 Å². The number of nitrogens with one attached hydrogen (secondary N) is 1. The molecule has 6 nitrogen and oxygen atoms in total. The number of hydrogen-bond acceptors (Lipinski definition) is 5. The first-order valence-corrected chi connectivity index (χ1v) is 8.94. The third-order valence-corrected chi connectivity index (χ3v) is 4.70. The zero-order valence-corrected chi connectivity index (χ0v) is 15.7. The topological polar surface area (TPSA) is 66.0 Å². The van der Waals surface area contributed by atoms with Gasteiger partial charge in [0.05, 0.1) is 10.7 Å². The number of rotatable bonds is 3. The molecule has 0 fully saturated rings. The highest BCUT2D eigenvalue weighted by Crippen LogP contribution is 2.40. The summed E-state index contributed by atoms with van der Waals surface area (Å²) >= 11 is 9.56. The third kappa shape index (κ3) is 3.45. The average Bonchev–Trinajstić information content (AvgIpc) is 3.10. The molecule has 2 aliphatic heterocycles. The van der Waals surface area contributed by atoms with E-state index in [-0.39, 0.29) is 12.7 Å². The fourth-order valence-electron chi connectivity index (χ4n) is 2.59. The van der Waals surface area contributed by atoms with E-state index in [9.17, 15) is 4.79 Å². The zero-order valence-electron chi connectivity index (χ0n) is 13.4. The molecule has 0 atom stereocenters. The van der Waals surface area contributed by atoms with Crippen molar-refractivity contribution in [2.45, 2.75) is 0 Å². The van der Waals surface area contributed by atoms with E-state index >= 15 is 0 Å². The molecule has 134 valence electrons. The van der Waals surface area contributed by atoms with E-state index in [1.54, 1.807) is 30.3 Å². The van der Waals surface area contributed by atoms with Crippen molar-refractivity contribution in [1.82, 2.24) is 0 Å². The molecule has 8 heteroatoms. The van der Waals surface area contributed by atoms with Crippen LogP contribution in [0.2, 0.25) is 5.02 Å². The Bertz CT molecular complexity index is 915. The smallest absolute Gasteiger partial charge is 0.248 e. The van der Waals surface area contributed by atoms with Crippen LogP contribution < -0.4 is 24.3 Å². The molecule has 0 spiro atoms. The lowest BCUT2D eigenvalue weighted by atomic mass is 10.2. The fourth-order valence-corrected chi connectivity index (χ4v) is 3.28. The van der Waals surface area contributed by atoms with Gasteiger partial charge in [0.15, 0.2) is 23.0 Å². The summed E-state index contributed by atoms with van der Waals surface area (Å²) in [5, 5.41) is 3.24. The van der Waals surface area contributed by atoms with Gasteiger partial charge in [-0.05, 0) is 39.7 Å². The average molecular weight is 439 g/mol. The first-order valence-electron chi connectivity index (χ1n) is 7.77. The normalized spacial score (nSPS) is 14.5. The Hall–Kier alpha value is -2.38. The van der Waals surface area contributed by atoms with Gasteiger partial charge in [0.2, 0.25) is 12.7 Å². The number of carbonyl (C=O) groups is 1. The maximum absolute atomic E-state index is 12.2. The van der Waals surface area contributed by atoms with Crippen LogP contribution in [0.15, 0.2) is 34.8 Å². The molecule has 1 amide bonds. The molecule has 0 unspecified atom stereocenters. The van der Waals surface area contributed by atoms with E-state index in [0.717, 1.165) is 5.56 Å². The number of amides is 1. The number of ether oxygens (including phenoxy) is 4. The minimum absolute atomic E-state index is 0.140. The fraction of sp³-hybridized carbons (Fsp3) is 0.167. The van der Waals surface area contributed by atoms with E-state index in [2.05, 4.69) is 21.2 Å². The molecule has 0 saturated carbocycles. The second-order valence-corrected chi connectivity index (χ2v) is 6.80. The van der Waals surface area contributed by atoms with Crippen LogP contribution in [0.5, 0.6) is 23.0 Å². The van der Waals surface area contributed by atoms with Crippen molar-refractivity contribution in [1.29, 1.82) is 0 Å². The Kier molecular flexibility index (Phi) is 4.65. The maximum atomic E-state index is 12.2. The van der Waals surface area contributed by atoms with Crippen LogP contribution in [0.1, 0.15) is 5.56 Å². The lowest BCUT2D eigenvalue weighted by Crippen LogP contribution is -2.16. The molecule has 0 saturated heterocycles. The molecule has 2 aromatic carbocycles. The maximum Gasteiger partial charge on any atom is 0.248 e. The van der Waals surface area contributed by atoms with Crippen molar-refractivity contribution in [2.75, 3.05) is 25.3 Å². The van der Waals surface area contributed by atoms with Gasteiger partial charge in [0, 0.05) is 22.7 Å². The van der Waals surface area contributed by atoms with Crippen molar-refractivity contribution in [2.24, 2.45) is 0 Å². The van der Waals surface area contributed by atoms with Gasteiger partial charge in [-0.2, -0.15) is 0 Å². The van der Waals surface area contributed by atoms with E-state index in [0.29, 0.717) is 51.4 Å². The van der Waals surface area contributed by atoms with Gasteiger partial charge in [-0.15, -0.1) is 0 Å². The molecule has 2 heterocycles. The van der Waals surface area contributed by atoms with Crippen molar-refractivity contribution in [3.63, 3.8) is 0 Å². The summed E-state index contributed by atoms with van der Waals surface area (Å²) < 4.78 is 22.3. The van der Waals surface area contributed by atoms with Gasteiger partial charge >= 0.3 is 0 Å². The Morgan fingerprint density at radius 1 is 1.04 bits per heavy atom. The summed E-state index contributed by atoms with van der Waals surface area (Å²) in [5.74, 6) is 2.03. The van der Waals surface area contributed by atoms with Crippen molar-refractivity contribution in [3.8, 4) is 23.0 Å². The quantitative estimate of drug-likeness (QED) is 0.726. The highest BCUT2D eigenvalue weighted by Gasteiger charge is 2.18. The van der Waals surface area contributed by atoms with Crippen LogP contribution >= 0.6 is 27.5 Å². The van der Waals surface area contributed by atoms with E-state index in [4.69, 9.17) is 30.5 Å². The Labute approximate surface area is 162 Å². The summed E-state index contributed by atoms with van der Waals surface area (Å²) in [6.45, 7) is 1.12. The summed E-state index contributed by atoms with van der Waals surface area (Å²) in [6.07, 6.45) is 3.06. The van der Waals surface area contributed by atoms with Gasteiger partial charge in [0.1, 0.15) is 13.2 Å². The lowest BCUT2D eigenvalue weighted by molar-refractivity contribution is -0.111. The summed E-state index contributed by atoms with van der Waals surface area (Å²) in [6, 6.07) is 6.96. The minimum Gasteiger partial charge on any atom is -0.486 e. The Morgan fingerprint density at radius 3 is 2.62 bits per heavy atom. The van der Waals surface area contributed by atoms with Crippen molar-refractivity contribution >= 4 is 45.2 Å². The summed E-state index contributed by atoms with van der Waals surface area (Å²) in [7, 11) is 0. The lowest BCUT2D eigenvalue weighted by Gasteiger charge is -2.19. The van der Waals surface area contributed by atoms with E-state index in [1.165, 1.54) is 6.08 Å². The molecule has 0 radical (unpaired) electrons.